The molecule has 0 spiro atoms. The first-order valence-electron chi connectivity index (χ1n) is 6.75. The Kier molecular flexibility index (Phi) is 4.33. The van der Waals surface area contributed by atoms with Crippen molar-refractivity contribution in [3.8, 4) is 0 Å². The van der Waals surface area contributed by atoms with Crippen molar-refractivity contribution < 1.29 is 14.7 Å². The van der Waals surface area contributed by atoms with Crippen molar-refractivity contribution in [2.24, 2.45) is 0 Å². The van der Waals surface area contributed by atoms with Gasteiger partial charge >= 0.3 is 5.97 Å². The summed E-state index contributed by atoms with van der Waals surface area (Å²) in [5.74, 6) is -1.64. The van der Waals surface area contributed by atoms with Crippen LogP contribution >= 0.6 is 11.6 Å². The number of carboxylic acid groups (broad SMARTS) is 1. The van der Waals surface area contributed by atoms with Gasteiger partial charge in [0.05, 0.1) is 5.92 Å². The largest absolute Gasteiger partial charge is 0.480 e. The third-order valence-corrected chi connectivity index (χ3v) is 4.21. The van der Waals surface area contributed by atoms with Crippen LogP contribution in [0, 0.1) is 0 Å². The van der Waals surface area contributed by atoms with Crippen LogP contribution in [0.2, 0.25) is 5.02 Å². The molecule has 1 aromatic carbocycles. The summed E-state index contributed by atoms with van der Waals surface area (Å²) in [6.07, 6.45) is 2.66. The third kappa shape index (κ3) is 2.96. The van der Waals surface area contributed by atoms with Gasteiger partial charge in [0.2, 0.25) is 5.91 Å². The fourth-order valence-electron chi connectivity index (χ4n) is 2.64. The van der Waals surface area contributed by atoms with E-state index in [1.807, 2.05) is 6.07 Å². The number of benzene rings is 1. The van der Waals surface area contributed by atoms with E-state index in [-0.39, 0.29) is 5.91 Å². The van der Waals surface area contributed by atoms with Crippen LogP contribution in [0.5, 0.6) is 0 Å². The maximum absolute atomic E-state index is 12.3. The first kappa shape index (κ1) is 14.9. The average Bonchev–Trinajstić information content (AvgIpc) is 2.87. The highest BCUT2D eigenvalue weighted by Gasteiger charge is 2.43. The molecule has 2 N–H and O–H groups in total. The maximum atomic E-state index is 12.3. The first-order chi connectivity index (χ1) is 9.44. The molecule has 108 valence electrons. The summed E-state index contributed by atoms with van der Waals surface area (Å²) in [4.78, 5) is 23.7. The summed E-state index contributed by atoms with van der Waals surface area (Å²) < 4.78 is 0. The topological polar surface area (TPSA) is 66.4 Å². The molecule has 0 bridgehead atoms. The molecular weight excluding hydrogens is 278 g/mol. The van der Waals surface area contributed by atoms with E-state index in [9.17, 15) is 14.7 Å². The zero-order valence-electron chi connectivity index (χ0n) is 11.4. The van der Waals surface area contributed by atoms with E-state index in [0.717, 1.165) is 18.4 Å². The van der Waals surface area contributed by atoms with Gasteiger partial charge < -0.3 is 10.4 Å². The van der Waals surface area contributed by atoms with Crippen molar-refractivity contribution in [3.63, 3.8) is 0 Å². The number of carboxylic acids is 1. The molecule has 1 atom stereocenters. The molecule has 0 radical (unpaired) electrons. The van der Waals surface area contributed by atoms with Crippen LogP contribution in [0.1, 0.15) is 44.1 Å². The molecule has 1 unspecified atom stereocenters. The van der Waals surface area contributed by atoms with E-state index in [1.165, 1.54) is 0 Å². The Hall–Kier alpha value is -1.55. The van der Waals surface area contributed by atoms with Crippen molar-refractivity contribution >= 4 is 23.5 Å². The summed E-state index contributed by atoms with van der Waals surface area (Å²) in [6, 6.07) is 7.07. The standard InChI is InChI=1S/C15H18ClNO3/c1-10(11-5-4-6-12(16)9-11)13(18)17-15(14(19)20)7-2-3-8-15/h4-6,9-10H,2-3,7-8H2,1H3,(H,17,18)(H,19,20). The minimum atomic E-state index is -1.09. The van der Waals surface area contributed by atoms with Gasteiger partial charge in [-0.15, -0.1) is 0 Å². The van der Waals surface area contributed by atoms with Gasteiger partial charge in [-0.2, -0.15) is 0 Å². The second-order valence-corrected chi connectivity index (χ2v) is 5.80. The van der Waals surface area contributed by atoms with Gasteiger partial charge in [0.15, 0.2) is 0 Å². The number of amides is 1. The van der Waals surface area contributed by atoms with Crippen molar-refractivity contribution in [1.82, 2.24) is 5.32 Å². The molecule has 1 aliphatic rings. The van der Waals surface area contributed by atoms with Gasteiger partial charge in [-0.1, -0.05) is 36.6 Å². The number of nitrogens with one attached hydrogen (secondary N) is 1. The summed E-state index contributed by atoms with van der Waals surface area (Å²) in [5, 5.41) is 12.7. The van der Waals surface area contributed by atoms with Crippen molar-refractivity contribution in [2.75, 3.05) is 0 Å². The Morgan fingerprint density at radius 1 is 1.35 bits per heavy atom. The Morgan fingerprint density at radius 3 is 2.55 bits per heavy atom. The molecule has 1 aromatic rings. The fraction of sp³-hybridized carbons (Fsp3) is 0.467. The van der Waals surface area contributed by atoms with Gasteiger partial charge in [-0.05, 0) is 37.5 Å². The predicted molar refractivity (Wildman–Crippen MR) is 76.8 cm³/mol. The molecule has 1 saturated carbocycles. The van der Waals surface area contributed by atoms with E-state index < -0.39 is 17.4 Å². The second-order valence-electron chi connectivity index (χ2n) is 5.36. The minimum absolute atomic E-state index is 0.267. The van der Waals surface area contributed by atoms with E-state index in [2.05, 4.69) is 5.32 Å². The molecule has 2 rings (SSSR count). The third-order valence-electron chi connectivity index (χ3n) is 3.97. The molecule has 1 amide bonds. The first-order valence-corrected chi connectivity index (χ1v) is 7.13. The summed E-state index contributed by atoms with van der Waals surface area (Å²) in [6.45, 7) is 1.76. The van der Waals surface area contributed by atoms with Crippen LogP contribution in [0.25, 0.3) is 0 Å². The van der Waals surface area contributed by atoms with Crippen molar-refractivity contribution in [1.29, 1.82) is 0 Å². The van der Waals surface area contributed by atoms with Gasteiger partial charge in [-0.3, -0.25) is 4.79 Å². The molecule has 5 heteroatoms. The average molecular weight is 296 g/mol. The number of carbonyl (C=O) groups excluding carboxylic acids is 1. The smallest absolute Gasteiger partial charge is 0.329 e. The van der Waals surface area contributed by atoms with Gasteiger partial charge in [0.25, 0.3) is 0 Å². The number of halogens is 1. The number of carbonyl (C=O) groups is 2. The zero-order valence-corrected chi connectivity index (χ0v) is 12.1. The molecule has 0 saturated heterocycles. The molecule has 0 aliphatic heterocycles. The quantitative estimate of drug-likeness (QED) is 0.897. The van der Waals surface area contributed by atoms with Crippen LogP contribution < -0.4 is 5.32 Å². The highest BCUT2D eigenvalue weighted by Crippen LogP contribution is 2.31. The highest BCUT2D eigenvalue weighted by atomic mass is 35.5. The summed E-state index contributed by atoms with van der Waals surface area (Å²) in [7, 11) is 0. The lowest BCUT2D eigenvalue weighted by atomic mass is 9.94. The lowest BCUT2D eigenvalue weighted by Crippen LogP contribution is -2.53. The van der Waals surface area contributed by atoms with Crippen molar-refractivity contribution in [2.45, 2.75) is 44.1 Å². The number of hydrogen-bond acceptors (Lipinski definition) is 2. The normalized spacial score (nSPS) is 18.5. The van der Waals surface area contributed by atoms with Crippen LogP contribution in [-0.2, 0) is 9.59 Å². The Balaban J connectivity index is 2.13. The van der Waals surface area contributed by atoms with E-state index in [4.69, 9.17) is 11.6 Å². The SMILES string of the molecule is CC(C(=O)NC1(C(=O)O)CCCC1)c1cccc(Cl)c1. The van der Waals surface area contributed by atoms with Crippen LogP contribution in [0.15, 0.2) is 24.3 Å². The molecule has 1 aliphatic carbocycles. The lowest BCUT2D eigenvalue weighted by molar-refractivity contribution is -0.147. The monoisotopic (exact) mass is 295 g/mol. The fourth-order valence-corrected chi connectivity index (χ4v) is 2.84. The predicted octanol–water partition coefficient (Wildman–Crippen LogP) is 2.96. The Labute approximate surface area is 123 Å². The number of aliphatic carboxylic acids is 1. The van der Waals surface area contributed by atoms with Gasteiger partial charge in [-0.25, -0.2) is 4.79 Å². The Morgan fingerprint density at radius 2 is 2.00 bits per heavy atom. The van der Waals surface area contributed by atoms with Crippen LogP contribution in [0.4, 0.5) is 0 Å². The van der Waals surface area contributed by atoms with Crippen LogP contribution in [0.3, 0.4) is 0 Å². The molecular formula is C15H18ClNO3. The highest BCUT2D eigenvalue weighted by molar-refractivity contribution is 6.30. The number of rotatable bonds is 4. The van der Waals surface area contributed by atoms with Gasteiger partial charge in [0, 0.05) is 5.02 Å². The molecule has 0 aromatic heterocycles. The molecule has 4 nitrogen and oxygen atoms in total. The second kappa shape index (κ2) is 5.83. The van der Waals surface area contributed by atoms with Crippen molar-refractivity contribution in [3.05, 3.63) is 34.9 Å². The summed E-state index contributed by atoms with van der Waals surface area (Å²) in [5.41, 5.74) is -0.308. The minimum Gasteiger partial charge on any atom is -0.480 e. The summed E-state index contributed by atoms with van der Waals surface area (Å²) >= 11 is 5.92. The zero-order chi connectivity index (χ0) is 14.8. The van der Waals surface area contributed by atoms with E-state index >= 15 is 0 Å². The van der Waals surface area contributed by atoms with E-state index in [0.29, 0.717) is 17.9 Å². The van der Waals surface area contributed by atoms with Gasteiger partial charge in [0.1, 0.15) is 5.54 Å². The van der Waals surface area contributed by atoms with Crippen LogP contribution in [-0.4, -0.2) is 22.5 Å². The molecule has 1 fully saturated rings. The lowest BCUT2D eigenvalue weighted by Gasteiger charge is -2.27. The molecule has 20 heavy (non-hydrogen) atoms. The van der Waals surface area contributed by atoms with E-state index in [1.54, 1.807) is 25.1 Å². The number of hydrogen-bond donors (Lipinski definition) is 2. The Bertz CT molecular complexity index is 524. The molecule has 0 heterocycles. The maximum Gasteiger partial charge on any atom is 0.329 e.